The van der Waals surface area contributed by atoms with E-state index in [2.05, 4.69) is 0 Å². The predicted molar refractivity (Wildman–Crippen MR) is 33.9 cm³/mol. The average molecular weight is 146 g/mol. The van der Waals surface area contributed by atoms with Gasteiger partial charge in [0.15, 0.2) is 5.69 Å². The van der Waals surface area contributed by atoms with Crippen LogP contribution in [0.5, 0.6) is 0 Å². The molecule has 9 heavy (non-hydrogen) atoms. The van der Waals surface area contributed by atoms with Gasteiger partial charge in [0.05, 0.1) is 3.82 Å². The molecule has 0 aliphatic rings. The first-order valence-electron chi connectivity index (χ1n) is 2.43. The fourth-order valence-corrected chi connectivity index (χ4v) is 1.10. The van der Waals surface area contributed by atoms with E-state index in [0.717, 1.165) is 0 Å². The van der Waals surface area contributed by atoms with E-state index < -0.39 is 0 Å². The van der Waals surface area contributed by atoms with E-state index in [1.807, 2.05) is 0 Å². The molecule has 4 nitrogen and oxygen atoms in total. The zero-order valence-corrected chi connectivity index (χ0v) is 5.94. The van der Waals surface area contributed by atoms with E-state index in [1.54, 1.807) is 13.8 Å². The van der Waals surface area contributed by atoms with Gasteiger partial charge in [-0.1, -0.05) is 0 Å². The maximum atomic E-state index is 10.6. The molecule has 1 aromatic heterocycles. The summed E-state index contributed by atoms with van der Waals surface area (Å²) >= 11 is 0.618. The Hall–Kier alpha value is -0.840. The minimum absolute atomic E-state index is 0.481. The lowest BCUT2D eigenvalue weighted by atomic mass is 10.4. The summed E-state index contributed by atoms with van der Waals surface area (Å²) in [5, 5.41) is 10.6. The standard InChI is InChI=1S/C4H6N2O2S/c1-3-4(2)6(8)9-5(3)7/h1-2H3. The second-order valence-electron chi connectivity index (χ2n) is 1.77. The van der Waals surface area contributed by atoms with E-state index in [0.29, 0.717) is 31.1 Å². The normalized spacial score (nSPS) is 10.0. The third kappa shape index (κ3) is 0.829. The van der Waals surface area contributed by atoms with E-state index in [-0.39, 0.29) is 0 Å². The molecule has 0 amide bonds. The highest BCUT2D eigenvalue weighted by atomic mass is 32.1. The lowest BCUT2D eigenvalue weighted by Gasteiger charge is -1.90. The summed E-state index contributed by atoms with van der Waals surface area (Å²) in [5.41, 5.74) is 0.963. The molecule has 0 spiro atoms. The summed E-state index contributed by atoms with van der Waals surface area (Å²) in [6, 6.07) is 0. The Bertz CT molecular complexity index is 275. The van der Waals surface area contributed by atoms with Crippen molar-refractivity contribution in [3.05, 3.63) is 21.5 Å². The topological polar surface area (TPSA) is 51.0 Å². The van der Waals surface area contributed by atoms with Crippen molar-refractivity contribution in [1.29, 1.82) is 0 Å². The minimum Gasteiger partial charge on any atom is -0.700 e. The SMILES string of the molecule is Cc1c(C)[n+](=O)sn1[O-]. The van der Waals surface area contributed by atoms with Crippen LogP contribution in [0.15, 0.2) is 0 Å². The van der Waals surface area contributed by atoms with Crippen molar-refractivity contribution in [1.82, 2.24) is 4.12 Å². The van der Waals surface area contributed by atoms with Gasteiger partial charge in [-0.25, -0.2) is 0 Å². The summed E-state index contributed by atoms with van der Waals surface area (Å²) in [7, 11) is 0. The second kappa shape index (κ2) is 1.84. The van der Waals surface area contributed by atoms with Gasteiger partial charge in [-0.2, -0.15) is 4.12 Å². The van der Waals surface area contributed by atoms with Crippen LogP contribution >= 0.6 is 11.7 Å². The van der Waals surface area contributed by atoms with Gasteiger partial charge in [0, 0.05) is 13.8 Å². The molecule has 0 aliphatic carbocycles. The Morgan fingerprint density at radius 3 is 2.33 bits per heavy atom. The fraction of sp³-hybridized carbons (Fsp3) is 0.500. The average Bonchev–Trinajstić information content (AvgIpc) is 1.98. The molecular weight excluding hydrogens is 140 g/mol. The minimum atomic E-state index is 0.481. The third-order valence-electron chi connectivity index (χ3n) is 1.22. The summed E-state index contributed by atoms with van der Waals surface area (Å²) in [5.74, 6) is 0. The summed E-state index contributed by atoms with van der Waals surface area (Å²) in [6.45, 7) is 3.24. The molecule has 0 aliphatic heterocycles. The van der Waals surface area contributed by atoms with Crippen molar-refractivity contribution in [2.75, 3.05) is 0 Å². The quantitative estimate of drug-likeness (QED) is 0.498. The van der Waals surface area contributed by atoms with Gasteiger partial charge >= 0.3 is 0 Å². The van der Waals surface area contributed by atoms with Crippen molar-refractivity contribution < 1.29 is 3.82 Å². The number of hydrogen-bond donors (Lipinski definition) is 0. The van der Waals surface area contributed by atoms with Crippen LogP contribution < -0.4 is 3.82 Å². The van der Waals surface area contributed by atoms with E-state index in [9.17, 15) is 10.1 Å². The first kappa shape index (κ1) is 6.28. The molecule has 0 bridgehead atoms. The highest BCUT2D eigenvalue weighted by Gasteiger charge is 2.09. The maximum absolute atomic E-state index is 10.6. The molecule has 1 aromatic rings. The summed E-state index contributed by atoms with van der Waals surface area (Å²) in [4.78, 5) is 10.6. The Morgan fingerprint density at radius 2 is 2.22 bits per heavy atom. The van der Waals surface area contributed by atoms with Gasteiger partial charge in [0.1, 0.15) is 0 Å². The number of nitrogens with zero attached hydrogens (tertiary/aromatic N) is 2. The molecule has 1 heterocycles. The van der Waals surface area contributed by atoms with Crippen LogP contribution in [0.3, 0.4) is 0 Å². The summed E-state index contributed by atoms with van der Waals surface area (Å²) in [6.07, 6.45) is 0. The van der Waals surface area contributed by atoms with Crippen LogP contribution in [-0.2, 0) is 0 Å². The highest BCUT2D eigenvalue weighted by molar-refractivity contribution is 6.95. The van der Waals surface area contributed by atoms with Crippen molar-refractivity contribution in [2.24, 2.45) is 0 Å². The highest BCUT2D eigenvalue weighted by Crippen LogP contribution is 2.01. The van der Waals surface area contributed by atoms with Gasteiger partial charge < -0.3 is 5.21 Å². The number of aromatic nitrogens is 2. The molecule has 5 heteroatoms. The second-order valence-corrected chi connectivity index (χ2v) is 2.59. The van der Waals surface area contributed by atoms with Gasteiger partial charge in [0.25, 0.3) is 11.7 Å². The van der Waals surface area contributed by atoms with E-state index in [1.165, 1.54) is 0 Å². The molecule has 0 saturated carbocycles. The molecule has 0 unspecified atom stereocenters. The largest absolute Gasteiger partial charge is 0.700 e. The summed E-state index contributed by atoms with van der Waals surface area (Å²) < 4.78 is 1.20. The van der Waals surface area contributed by atoms with Crippen LogP contribution in [0.2, 0.25) is 0 Å². The number of hydrogen-bond acceptors (Lipinski definition) is 3. The van der Waals surface area contributed by atoms with Crippen molar-refractivity contribution in [3.8, 4) is 0 Å². The lowest BCUT2D eigenvalue weighted by Crippen LogP contribution is -2.08. The molecule has 1 rings (SSSR count). The molecule has 0 fully saturated rings. The molecule has 0 radical (unpaired) electrons. The monoisotopic (exact) mass is 146 g/mol. The van der Waals surface area contributed by atoms with Crippen LogP contribution in [0.25, 0.3) is 0 Å². The maximum Gasteiger partial charge on any atom is 0.282 e. The fourth-order valence-electron chi connectivity index (χ4n) is 0.454. The van der Waals surface area contributed by atoms with Gasteiger partial charge in [-0.15, -0.1) is 0 Å². The van der Waals surface area contributed by atoms with Gasteiger partial charge in [0.2, 0.25) is 5.69 Å². The molecule has 0 saturated heterocycles. The van der Waals surface area contributed by atoms with Crippen LogP contribution in [-0.4, -0.2) is 4.12 Å². The first-order chi connectivity index (χ1) is 4.13. The Kier molecular flexibility index (Phi) is 1.28. The van der Waals surface area contributed by atoms with Gasteiger partial charge in [-0.05, 0) is 4.91 Å². The van der Waals surface area contributed by atoms with E-state index in [4.69, 9.17) is 0 Å². The molecule has 0 N–H and O–H groups in total. The zero-order valence-electron chi connectivity index (χ0n) is 5.12. The van der Waals surface area contributed by atoms with Crippen molar-refractivity contribution >= 4 is 11.7 Å². The lowest BCUT2D eigenvalue weighted by molar-refractivity contribution is -0.423. The van der Waals surface area contributed by atoms with Crippen LogP contribution in [0.4, 0.5) is 0 Å². The molecule has 0 atom stereocenters. The van der Waals surface area contributed by atoms with E-state index >= 15 is 0 Å². The zero-order chi connectivity index (χ0) is 7.02. The Labute approximate surface area is 55.8 Å². The predicted octanol–water partition coefficient (Wildman–Crippen LogP) is 0.427. The van der Waals surface area contributed by atoms with Crippen LogP contribution in [0, 0.1) is 24.0 Å². The Balaban J connectivity index is 3.47. The van der Waals surface area contributed by atoms with Crippen molar-refractivity contribution in [3.63, 3.8) is 0 Å². The molecule has 50 valence electrons. The number of rotatable bonds is 0. The van der Waals surface area contributed by atoms with Crippen molar-refractivity contribution in [2.45, 2.75) is 13.8 Å². The Morgan fingerprint density at radius 1 is 1.67 bits per heavy atom. The molecular formula is C4H6N2O2S. The smallest absolute Gasteiger partial charge is 0.282 e. The third-order valence-corrected chi connectivity index (χ3v) is 2.06. The van der Waals surface area contributed by atoms with Gasteiger partial charge in [-0.3, -0.25) is 0 Å². The molecule has 0 aromatic carbocycles. The first-order valence-corrected chi connectivity index (χ1v) is 3.16. The van der Waals surface area contributed by atoms with Crippen LogP contribution in [0.1, 0.15) is 11.4 Å².